The molecule has 0 saturated carbocycles. The van der Waals surface area contributed by atoms with Gasteiger partial charge in [0.05, 0.1) is 13.5 Å². The first-order valence-corrected chi connectivity index (χ1v) is 13.6. The fraction of sp³-hybridized carbons (Fsp3) is 0.276. The molecular formula is C29H29BrClN3O5. The zero-order valence-electron chi connectivity index (χ0n) is 21.7. The van der Waals surface area contributed by atoms with Crippen LogP contribution in [0.5, 0.6) is 11.5 Å². The van der Waals surface area contributed by atoms with Gasteiger partial charge in [0.2, 0.25) is 5.91 Å². The predicted octanol–water partition coefficient (Wildman–Crippen LogP) is 5.04. The van der Waals surface area contributed by atoms with Crippen LogP contribution >= 0.6 is 27.5 Å². The van der Waals surface area contributed by atoms with E-state index in [4.69, 9.17) is 21.1 Å². The van der Waals surface area contributed by atoms with Crippen LogP contribution in [0.25, 0.3) is 0 Å². The van der Waals surface area contributed by atoms with Crippen LogP contribution in [0.1, 0.15) is 22.8 Å². The van der Waals surface area contributed by atoms with E-state index in [2.05, 4.69) is 21.2 Å². The summed E-state index contributed by atoms with van der Waals surface area (Å²) < 4.78 is 12.0. The maximum absolute atomic E-state index is 13.3. The molecule has 3 aromatic carbocycles. The molecule has 39 heavy (non-hydrogen) atoms. The summed E-state index contributed by atoms with van der Waals surface area (Å²) in [6.07, 6.45) is 0.263. The highest BCUT2D eigenvalue weighted by atomic mass is 79.9. The number of nitrogens with one attached hydrogen (secondary N) is 1. The molecular weight excluding hydrogens is 586 g/mol. The number of rotatable bonds is 8. The van der Waals surface area contributed by atoms with E-state index in [0.29, 0.717) is 47.4 Å². The van der Waals surface area contributed by atoms with Crippen LogP contribution in [0, 0.1) is 0 Å². The highest BCUT2D eigenvalue weighted by molar-refractivity contribution is 9.10. The van der Waals surface area contributed by atoms with Gasteiger partial charge >= 0.3 is 0 Å². The van der Waals surface area contributed by atoms with Crippen molar-refractivity contribution in [3.05, 3.63) is 87.4 Å². The molecule has 1 heterocycles. The maximum Gasteiger partial charge on any atom is 0.262 e. The average molecular weight is 615 g/mol. The molecule has 10 heteroatoms. The van der Waals surface area contributed by atoms with Crippen molar-refractivity contribution in [3.63, 3.8) is 0 Å². The third-order valence-electron chi connectivity index (χ3n) is 6.38. The summed E-state index contributed by atoms with van der Waals surface area (Å²) in [6.45, 7) is 2.99. The van der Waals surface area contributed by atoms with Crippen molar-refractivity contribution in [3.8, 4) is 11.5 Å². The van der Waals surface area contributed by atoms with Crippen LogP contribution in [0.2, 0.25) is 5.02 Å². The van der Waals surface area contributed by atoms with Gasteiger partial charge in [0.15, 0.2) is 18.1 Å². The van der Waals surface area contributed by atoms with Crippen molar-refractivity contribution < 1.29 is 23.9 Å². The normalized spacial score (nSPS) is 15.0. The monoisotopic (exact) mass is 613 g/mol. The van der Waals surface area contributed by atoms with Crippen LogP contribution in [-0.4, -0.2) is 66.9 Å². The fourth-order valence-corrected chi connectivity index (χ4v) is 4.89. The second-order valence-corrected chi connectivity index (χ2v) is 10.6. The van der Waals surface area contributed by atoms with Crippen LogP contribution < -0.4 is 14.8 Å². The quantitative estimate of drug-likeness (QED) is 0.384. The molecule has 1 atom stereocenters. The van der Waals surface area contributed by atoms with Gasteiger partial charge in [0.1, 0.15) is 0 Å². The lowest BCUT2D eigenvalue weighted by Crippen LogP contribution is -2.55. The first kappa shape index (κ1) is 28.4. The molecule has 0 bridgehead atoms. The second kappa shape index (κ2) is 13.0. The molecule has 204 valence electrons. The molecule has 1 unspecified atom stereocenters. The molecule has 0 aromatic heterocycles. The molecule has 1 saturated heterocycles. The lowest BCUT2D eigenvalue weighted by atomic mass is 10.1. The summed E-state index contributed by atoms with van der Waals surface area (Å²) >= 11 is 9.40. The highest BCUT2D eigenvalue weighted by Gasteiger charge is 2.30. The molecule has 0 spiro atoms. The first-order valence-electron chi connectivity index (χ1n) is 12.4. The number of carbonyl (C=O) groups excluding carboxylic acids is 3. The van der Waals surface area contributed by atoms with Crippen molar-refractivity contribution in [1.82, 2.24) is 9.80 Å². The van der Waals surface area contributed by atoms with Gasteiger partial charge in [-0.25, -0.2) is 0 Å². The van der Waals surface area contributed by atoms with Crippen LogP contribution in [0.4, 0.5) is 5.69 Å². The Balaban J connectivity index is 1.33. The number of hydrogen-bond acceptors (Lipinski definition) is 5. The van der Waals surface area contributed by atoms with Gasteiger partial charge in [-0.05, 0) is 67.1 Å². The predicted molar refractivity (Wildman–Crippen MR) is 153 cm³/mol. The Kier molecular flexibility index (Phi) is 9.48. The number of piperazine rings is 1. The van der Waals surface area contributed by atoms with Crippen molar-refractivity contribution in [2.45, 2.75) is 19.4 Å². The lowest BCUT2D eigenvalue weighted by molar-refractivity contribution is -0.134. The van der Waals surface area contributed by atoms with E-state index in [1.165, 1.54) is 7.11 Å². The topological polar surface area (TPSA) is 88.2 Å². The van der Waals surface area contributed by atoms with Crippen molar-refractivity contribution in [2.24, 2.45) is 0 Å². The van der Waals surface area contributed by atoms with Gasteiger partial charge in [-0.3, -0.25) is 14.4 Å². The van der Waals surface area contributed by atoms with E-state index in [9.17, 15) is 14.4 Å². The standard InChI is InChI=1S/C29H29BrClN3O5/c1-19-17-33(12-13-34(19)28(36)15-20-4-3-5-23(31)14-20)29(37)21-6-11-25(26(16-21)38-2)39-18-27(35)32-24-9-7-22(30)8-10-24/h3-11,14,16,19H,12-13,15,17-18H2,1-2H3,(H,32,35). The van der Waals surface area contributed by atoms with E-state index < -0.39 is 0 Å². The largest absolute Gasteiger partial charge is 0.493 e. The summed E-state index contributed by atoms with van der Waals surface area (Å²) in [5, 5.41) is 3.36. The zero-order valence-corrected chi connectivity index (χ0v) is 24.0. The van der Waals surface area contributed by atoms with Gasteiger partial charge in [-0.15, -0.1) is 0 Å². The minimum absolute atomic E-state index is 0.00390. The summed E-state index contributed by atoms with van der Waals surface area (Å²) in [5.74, 6) is 0.215. The van der Waals surface area contributed by atoms with E-state index >= 15 is 0 Å². The fourth-order valence-electron chi connectivity index (χ4n) is 4.41. The SMILES string of the molecule is COc1cc(C(=O)N2CCN(C(=O)Cc3cccc(Cl)c3)C(C)C2)ccc1OCC(=O)Nc1ccc(Br)cc1. The molecule has 1 N–H and O–H groups in total. The highest BCUT2D eigenvalue weighted by Crippen LogP contribution is 2.29. The summed E-state index contributed by atoms with van der Waals surface area (Å²) in [4.78, 5) is 42.0. The van der Waals surface area contributed by atoms with Crippen LogP contribution in [0.15, 0.2) is 71.2 Å². The van der Waals surface area contributed by atoms with Crippen molar-refractivity contribution in [2.75, 3.05) is 38.7 Å². The van der Waals surface area contributed by atoms with E-state index in [0.717, 1.165) is 10.0 Å². The molecule has 0 radical (unpaired) electrons. The minimum Gasteiger partial charge on any atom is -0.493 e. The summed E-state index contributed by atoms with van der Waals surface area (Å²) in [7, 11) is 1.48. The van der Waals surface area contributed by atoms with Gasteiger partial charge in [0, 0.05) is 46.4 Å². The number of carbonyl (C=O) groups is 3. The van der Waals surface area contributed by atoms with E-state index in [1.807, 2.05) is 36.1 Å². The van der Waals surface area contributed by atoms with E-state index in [1.54, 1.807) is 47.4 Å². The molecule has 1 fully saturated rings. The Morgan fingerprint density at radius 1 is 1.03 bits per heavy atom. The van der Waals surface area contributed by atoms with Crippen molar-refractivity contribution in [1.29, 1.82) is 0 Å². The van der Waals surface area contributed by atoms with Gasteiger partial charge in [-0.1, -0.05) is 39.7 Å². The maximum atomic E-state index is 13.3. The van der Waals surface area contributed by atoms with Gasteiger partial charge < -0.3 is 24.6 Å². The molecule has 3 aromatic rings. The van der Waals surface area contributed by atoms with Gasteiger partial charge in [0.25, 0.3) is 11.8 Å². The number of methoxy groups -OCH3 is 1. The Morgan fingerprint density at radius 2 is 1.79 bits per heavy atom. The van der Waals surface area contributed by atoms with Crippen molar-refractivity contribution >= 4 is 50.9 Å². The Morgan fingerprint density at radius 3 is 2.49 bits per heavy atom. The molecule has 8 nitrogen and oxygen atoms in total. The number of nitrogens with zero attached hydrogens (tertiary/aromatic N) is 2. The zero-order chi connectivity index (χ0) is 27.9. The molecule has 4 rings (SSSR count). The third-order valence-corrected chi connectivity index (χ3v) is 7.14. The number of benzene rings is 3. The first-order chi connectivity index (χ1) is 18.7. The Bertz CT molecular complexity index is 1350. The number of anilines is 1. The number of amides is 3. The smallest absolute Gasteiger partial charge is 0.262 e. The average Bonchev–Trinajstić information content (AvgIpc) is 2.92. The number of ether oxygens (including phenoxy) is 2. The summed E-state index contributed by atoms with van der Waals surface area (Å²) in [6, 6.07) is 19.2. The van der Waals surface area contributed by atoms with Gasteiger partial charge in [-0.2, -0.15) is 0 Å². The Hall–Kier alpha value is -3.56. The Labute approximate surface area is 241 Å². The number of halogens is 2. The van der Waals surface area contributed by atoms with Crippen LogP contribution in [-0.2, 0) is 16.0 Å². The molecule has 1 aliphatic heterocycles. The van der Waals surface area contributed by atoms with E-state index in [-0.39, 0.29) is 36.8 Å². The minimum atomic E-state index is -0.323. The van der Waals surface area contributed by atoms with Crippen LogP contribution in [0.3, 0.4) is 0 Å². The summed E-state index contributed by atoms with van der Waals surface area (Å²) in [5.41, 5.74) is 1.95. The molecule has 1 aliphatic rings. The number of hydrogen-bond donors (Lipinski definition) is 1. The third kappa shape index (κ3) is 7.52. The second-order valence-electron chi connectivity index (χ2n) is 9.20. The lowest BCUT2D eigenvalue weighted by Gasteiger charge is -2.40. The molecule has 3 amide bonds. The molecule has 0 aliphatic carbocycles.